The average molecular weight is 192 g/mol. The lowest BCUT2D eigenvalue weighted by Gasteiger charge is -2.04. The largest absolute Gasteiger partial charge is 0.391 e. The molecule has 0 aliphatic carbocycles. The molecule has 0 saturated heterocycles. The molecule has 74 valence electrons. The van der Waals surface area contributed by atoms with E-state index in [0.717, 1.165) is 0 Å². The van der Waals surface area contributed by atoms with Gasteiger partial charge in [-0.15, -0.1) is 0 Å². The molecule has 1 heterocycles. The van der Waals surface area contributed by atoms with E-state index in [4.69, 9.17) is 5.11 Å². The van der Waals surface area contributed by atoms with Gasteiger partial charge in [-0.05, 0) is 13.0 Å². The Morgan fingerprint density at radius 1 is 1.71 bits per heavy atom. The third-order valence-corrected chi connectivity index (χ3v) is 1.74. The van der Waals surface area contributed by atoms with Crippen LogP contribution in [0.5, 0.6) is 0 Å². The maximum atomic E-state index is 11.6. The summed E-state index contributed by atoms with van der Waals surface area (Å²) in [7, 11) is 0. The second-order valence-electron chi connectivity index (χ2n) is 2.66. The molecule has 1 N–H and O–H groups in total. The van der Waals surface area contributed by atoms with Crippen LogP contribution in [0.1, 0.15) is 18.3 Å². The Morgan fingerprint density at radius 3 is 2.93 bits per heavy atom. The fourth-order valence-corrected chi connectivity index (χ4v) is 1.07. The molecule has 0 radical (unpaired) electrons. The van der Waals surface area contributed by atoms with E-state index >= 15 is 0 Å². The normalized spacial score (nSPS) is 10.7. The van der Waals surface area contributed by atoms with E-state index in [1.165, 1.54) is 16.8 Å². The first kappa shape index (κ1) is 10.4. The Hall–Kier alpha value is -1.68. The summed E-state index contributed by atoms with van der Waals surface area (Å²) in [5, 5.41) is 8.87. The first-order chi connectivity index (χ1) is 6.74. The van der Waals surface area contributed by atoms with Crippen molar-refractivity contribution in [2.75, 3.05) is 0 Å². The minimum atomic E-state index is -0.305. The summed E-state index contributed by atoms with van der Waals surface area (Å²) in [5.41, 5.74) is 0.00389. The van der Waals surface area contributed by atoms with Crippen LogP contribution in [0, 0.1) is 0 Å². The van der Waals surface area contributed by atoms with Gasteiger partial charge in [-0.3, -0.25) is 9.36 Å². The molecule has 0 aromatic carbocycles. The second kappa shape index (κ2) is 4.53. The number of aliphatic hydroxyl groups excluding tert-OH is 1. The van der Waals surface area contributed by atoms with Gasteiger partial charge in [-0.25, -0.2) is 4.98 Å². The average Bonchev–Trinajstić information content (AvgIpc) is 2.21. The molecule has 0 spiro atoms. The Bertz CT molecular complexity index is 419. The fourth-order valence-electron chi connectivity index (χ4n) is 1.07. The smallest absolute Gasteiger partial charge is 0.263 e. The predicted octanol–water partition coefficient (Wildman–Crippen LogP) is 0.869. The molecule has 0 atom stereocenters. The first-order valence-corrected chi connectivity index (χ1v) is 4.21. The van der Waals surface area contributed by atoms with Crippen LogP contribution in [0.2, 0.25) is 0 Å². The molecule has 0 fully saturated rings. The van der Waals surface area contributed by atoms with E-state index in [0.29, 0.717) is 5.82 Å². The van der Waals surface area contributed by atoms with Gasteiger partial charge in [0, 0.05) is 12.4 Å². The summed E-state index contributed by atoms with van der Waals surface area (Å²) < 4.78 is 1.35. The molecule has 14 heavy (non-hydrogen) atoms. The Balaban J connectivity index is 3.46. The van der Waals surface area contributed by atoms with Crippen LogP contribution < -0.4 is 5.56 Å². The molecular formula is C10H12N2O2. The SMILES string of the molecule is C=Cc1ncc(CO)c(=O)n1/C=C\C. The van der Waals surface area contributed by atoms with Crippen LogP contribution >= 0.6 is 0 Å². The van der Waals surface area contributed by atoms with Gasteiger partial charge in [0.1, 0.15) is 5.82 Å². The second-order valence-corrected chi connectivity index (χ2v) is 2.66. The predicted molar refractivity (Wildman–Crippen MR) is 55.5 cm³/mol. The number of hydrogen-bond acceptors (Lipinski definition) is 3. The lowest BCUT2D eigenvalue weighted by molar-refractivity contribution is 0.279. The number of aromatic nitrogens is 2. The lowest BCUT2D eigenvalue weighted by Crippen LogP contribution is -2.23. The summed E-state index contributed by atoms with van der Waals surface area (Å²) in [5.74, 6) is 0.463. The zero-order valence-corrected chi connectivity index (χ0v) is 7.97. The maximum absolute atomic E-state index is 11.6. The Morgan fingerprint density at radius 2 is 2.43 bits per heavy atom. The van der Waals surface area contributed by atoms with Crippen LogP contribution in [0.4, 0.5) is 0 Å². The molecule has 1 aromatic rings. The molecule has 0 bridgehead atoms. The van der Waals surface area contributed by atoms with Gasteiger partial charge in [-0.2, -0.15) is 0 Å². The molecule has 1 aromatic heterocycles. The molecule has 0 aliphatic rings. The van der Waals surface area contributed by atoms with Gasteiger partial charge in [0.2, 0.25) is 0 Å². The molecule has 4 nitrogen and oxygen atoms in total. The zero-order chi connectivity index (χ0) is 10.6. The van der Waals surface area contributed by atoms with Gasteiger partial charge in [0.05, 0.1) is 12.2 Å². The molecular weight excluding hydrogens is 180 g/mol. The van der Waals surface area contributed by atoms with Crippen LogP contribution in [0.3, 0.4) is 0 Å². The minimum absolute atomic E-state index is 0.268. The van der Waals surface area contributed by atoms with Crippen molar-refractivity contribution in [1.29, 1.82) is 0 Å². The van der Waals surface area contributed by atoms with E-state index in [2.05, 4.69) is 11.6 Å². The fraction of sp³-hybridized carbons (Fsp3) is 0.200. The Kier molecular flexibility index (Phi) is 3.36. The van der Waals surface area contributed by atoms with E-state index in [1.54, 1.807) is 19.2 Å². The molecule has 0 amide bonds. The zero-order valence-electron chi connectivity index (χ0n) is 7.97. The van der Waals surface area contributed by atoms with E-state index in [9.17, 15) is 4.79 Å². The minimum Gasteiger partial charge on any atom is -0.391 e. The van der Waals surface area contributed by atoms with Crippen molar-refractivity contribution >= 4 is 12.3 Å². The van der Waals surface area contributed by atoms with Gasteiger partial charge in [0.25, 0.3) is 5.56 Å². The topological polar surface area (TPSA) is 55.1 Å². The highest BCUT2D eigenvalue weighted by Crippen LogP contribution is 1.97. The van der Waals surface area contributed by atoms with Crippen molar-refractivity contribution in [2.24, 2.45) is 0 Å². The van der Waals surface area contributed by atoms with Crippen molar-refractivity contribution in [2.45, 2.75) is 13.5 Å². The number of allylic oxidation sites excluding steroid dienone is 1. The number of hydrogen-bond donors (Lipinski definition) is 1. The van der Waals surface area contributed by atoms with Crippen LogP contribution in [-0.4, -0.2) is 14.7 Å². The van der Waals surface area contributed by atoms with Gasteiger partial charge >= 0.3 is 0 Å². The van der Waals surface area contributed by atoms with Crippen molar-refractivity contribution in [3.8, 4) is 0 Å². The molecule has 1 rings (SSSR count). The van der Waals surface area contributed by atoms with Crippen LogP contribution in [-0.2, 0) is 6.61 Å². The number of rotatable bonds is 3. The Labute approximate surface area is 81.8 Å². The van der Waals surface area contributed by atoms with E-state index in [-0.39, 0.29) is 17.7 Å². The van der Waals surface area contributed by atoms with Crippen molar-refractivity contribution in [3.63, 3.8) is 0 Å². The first-order valence-electron chi connectivity index (χ1n) is 4.21. The summed E-state index contributed by atoms with van der Waals surface area (Å²) in [6, 6.07) is 0. The number of nitrogens with zero attached hydrogens (tertiary/aromatic N) is 2. The molecule has 0 aliphatic heterocycles. The third kappa shape index (κ3) is 1.80. The monoisotopic (exact) mass is 192 g/mol. The molecule has 4 heteroatoms. The lowest BCUT2D eigenvalue weighted by atomic mass is 10.3. The third-order valence-electron chi connectivity index (χ3n) is 1.74. The van der Waals surface area contributed by atoms with Crippen molar-refractivity contribution in [1.82, 2.24) is 9.55 Å². The highest BCUT2D eigenvalue weighted by Gasteiger charge is 2.04. The number of aliphatic hydroxyl groups is 1. The maximum Gasteiger partial charge on any atom is 0.263 e. The van der Waals surface area contributed by atoms with Gasteiger partial charge in [0.15, 0.2) is 0 Å². The van der Waals surface area contributed by atoms with E-state index in [1.807, 2.05) is 0 Å². The van der Waals surface area contributed by atoms with Crippen LogP contribution in [0.15, 0.2) is 23.6 Å². The quantitative estimate of drug-likeness (QED) is 0.773. The summed E-state index contributed by atoms with van der Waals surface area (Å²) in [6.07, 6.45) is 6.16. The van der Waals surface area contributed by atoms with Gasteiger partial charge < -0.3 is 5.11 Å². The van der Waals surface area contributed by atoms with E-state index < -0.39 is 0 Å². The standard InChI is InChI=1S/C10H12N2O2/c1-3-5-12-9(4-2)11-6-8(7-13)10(12)14/h3-6,13H,2,7H2,1H3/b5-3-. The summed E-state index contributed by atoms with van der Waals surface area (Å²) in [4.78, 5) is 15.6. The highest BCUT2D eigenvalue weighted by atomic mass is 16.3. The van der Waals surface area contributed by atoms with Crippen molar-refractivity contribution in [3.05, 3.63) is 40.6 Å². The summed E-state index contributed by atoms with van der Waals surface area (Å²) >= 11 is 0. The molecule has 0 saturated carbocycles. The summed E-state index contributed by atoms with van der Waals surface area (Å²) in [6.45, 7) is 5.04. The van der Waals surface area contributed by atoms with Crippen molar-refractivity contribution < 1.29 is 5.11 Å². The van der Waals surface area contributed by atoms with Gasteiger partial charge in [-0.1, -0.05) is 12.7 Å². The highest BCUT2D eigenvalue weighted by molar-refractivity contribution is 5.42. The van der Waals surface area contributed by atoms with Crippen LogP contribution in [0.25, 0.3) is 12.3 Å². The molecule has 0 unspecified atom stereocenters.